The van der Waals surface area contributed by atoms with Crippen molar-refractivity contribution in [2.45, 2.75) is 11.5 Å². The van der Waals surface area contributed by atoms with Crippen molar-refractivity contribution in [2.24, 2.45) is 0 Å². The molecule has 1 heterocycles. The third-order valence-corrected chi connectivity index (χ3v) is 3.95. The van der Waals surface area contributed by atoms with E-state index in [2.05, 4.69) is 9.71 Å². The summed E-state index contributed by atoms with van der Waals surface area (Å²) in [6, 6.07) is 4.77. The lowest BCUT2D eigenvalue weighted by molar-refractivity contribution is 0.277. The zero-order valence-corrected chi connectivity index (χ0v) is 11.4. The number of aromatic nitrogens is 1. The second-order valence-corrected chi connectivity index (χ2v) is 5.65. The lowest BCUT2D eigenvalue weighted by Crippen LogP contribution is -2.13. The Morgan fingerprint density at radius 1 is 1.40 bits per heavy atom. The molecule has 0 unspecified atom stereocenters. The van der Waals surface area contributed by atoms with Gasteiger partial charge < -0.3 is 14.8 Å². The number of nitrogens with one attached hydrogen (secondary N) is 2. The Balaban J connectivity index is 2.33. The molecule has 0 amide bonds. The highest BCUT2D eigenvalue weighted by Crippen LogP contribution is 2.27. The van der Waals surface area contributed by atoms with E-state index in [1.54, 1.807) is 0 Å². The molecule has 8 heteroatoms. The number of benzene rings is 1. The Hall–Kier alpha value is -2.06. The van der Waals surface area contributed by atoms with Crippen LogP contribution in [0.2, 0.25) is 0 Å². The van der Waals surface area contributed by atoms with Gasteiger partial charge in [-0.15, -0.1) is 0 Å². The minimum absolute atomic E-state index is 0.0343. The van der Waals surface area contributed by atoms with Gasteiger partial charge in [-0.2, -0.15) is 0 Å². The average molecular weight is 300 g/mol. The Morgan fingerprint density at radius 3 is 2.75 bits per heavy atom. The van der Waals surface area contributed by atoms with Crippen LogP contribution in [0.4, 0.5) is 10.1 Å². The van der Waals surface area contributed by atoms with Crippen LogP contribution >= 0.6 is 0 Å². The predicted octanol–water partition coefficient (Wildman–Crippen LogP) is 1.46. The first-order valence-corrected chi connectivity index (χ1v) is 7.09. The van der Waals surface area contributed by atoms with E-state index in [9.17, 15) is 12.8 Å². The van der Waals surface area contributed by atoms with Crippen molar-refractivity contribution in [2.75, 3.05) is 11.8 Å². The second-order valence-electron chi connectivity index (χ2n) is 3.97. The summed E-state index contributed by atoms with van der Waals surface area (Å²) in [5.41, 5.74) is 0.497. The van der Waals surface area contributed by atoms with Crippen LogP contribution in [-0.4, -0.2) is 25.6 Å². The SMILES string of the molecule is COc1cc(F)ccc1NS(=O)(=O)c1c[nH]c(CO)c1. The van der Waals surface area contributed by atoms with Crippen LogP contribution in [0, 0.1) is 5.82 Å². The van der Waals surface area contributed by atoms with E-state index in [0.29, 0.717) is 5.69 Å². The van der Waals surface area contributed by atoms with Crippen molar-refractivity contribution in [1.82, 2.24) is 4.98 Å². The van der Waals surface area contributed by atoms with Gasteiger partial charge in [-0.05, 0) is 18.2 Å². The van der Waals surface area contributed by atoms with Gasteiger partial charge in [0.05, 0.1) is 19.4 Å². The zero-order chi connectivity index (χ0) is 14.8. The topological polar surface area (TPSA) is 91.4 Å². The van der Waals surface area contributed by atoms with Gasteiger partial charge in [0.25, 0.3) is 10.0 Å². The predicted molar refractivity (Wildman–Crippen MR) is 70.5 cm³/mol. The number of halogens is 1. The number of sulfonamides is 1. The highest BCUT2D eigenvalue weighted by atomic mass is 32.2. The number of aliphatic hydroxyl groups is 1. The molecule has 0 saturated heterocycles. The van der Waals surface area contributed by atoms with Gasteiger partial charge in [-0.3, -0.25) is 4.72 Å². The average Bonchev–Trinajstić information content (AvgIpc) is 2.90. The molecular formula is C12H13FN2O4S. The number of H-pyrrole nitrogens is 1. The van der Waals surface area contributed by atoms with Crippen molar-refractivity contribution in [1.29, 1.82) is 0 Å². The van der Waals surface area contributed by atoms with Gasteiger partial charge in [0.2, 0.25) is 0 Å². The number of anilines is 1. The van der Waals surface area contributed by atoms with Crippen LogP contribution < -0.4 is 9.46 Å². The van der Waals surface area contributed by atoms with E-state index < -0.39 is 15.8 Å². The molecule has 0 atom stereocenters. The van der Waals surface area contributed by atoms with Crippen LogP contribution in [0.3, 0.4) is 0 Å². The van der Waals surface area contributed by atoms with Gasteiger partial charge in [0, 0.05) is 18.0 Å². The van der Waals surface area contributed by atoms with Crippen molar-refractivity contribution in [3.05, 3.63) is 42.0 Å². The Labute approximate surface area is 115 Å². The first-order chi connectivity index (χ1) is 9.46. The van der Waals surface area contributed by atoms with E-state index in [1.807, 2.05) is 0 Å². The van der Waals surface area contributed by atoms with E-state index in [-0.39, 0.29) is 22.9 Å². The maximum absolute atomic E-state index is 13.0. The van der Waals surface area contributed by atoms with E-state index in [4.69, 9.17) is 9.84 Å². The fourth-order valence-electron chi connectivity index (χ4n) is 1.62. The summed E-state index contributed by atoms with van der Waals surface area (Å²) >= 11 is 0. The largest absolute Gasteiger partial charge is 0.494 e. The van der Waals surface area contributed by atoms with Gasteiger partial charge in [-0.1, -0.05) is 0 Å². The number of rotatable bonds is 5. The summed E-state index contributed by atoms with van der Waals surface area (Å²) in [4.78, 5) is 2.59. The smallest absolute Gasteiger partial charge is 0.263 e. The van der Waals surface area contributed by atoms with Gasteiger partial charge in [0.15, 0.2) is 0 Å². The number of ether oxygens (including phenoxy) is 1. The summed E-state index contributed by atoms with van der Waals surface area (Å²) in [7, 11) is -2.53. The Bertz CT molecular complexity index is 712. The van der Waals surface area contributed by atoms with Crippen molar-refractivity contribution in [3.8, 4) is 5.75 Å². The molecule has 0 aliphatic heterocycles. The van der Waals surface area contributed by atoms with Crippen LogP contribution in [-0.2, 0) is 16.6 Å². The Kier molecular flexibility index (Phi) is 3.96. The van der Waals surface area contributed by atoms with Crippen LogP contribution in [0.5, 0.6) is 5.75 Å². The maximum Gasteiger partial charge on any atom is 0.263 e. The quantitative estimate of drug-likeness (QED) is 0.779. The molecule has 1 aromatic carbocycles. The third kappa shape index (κ3) is 2.91. The van der Waals surface area contributed by atoms with E-state index >= 15 is 0 Å². The van der Waals surface area contributed by atoms with Crippen LogP contribution in [0.25, 0.3) is 0 Å². The summed E-state index contributed by atoms with van der Waals surface area (Å²) in [5.74, 6) is -0.458. The first-order valence-electron chi connectivity index (χ1n) is 5.61. The molecule has 0 fully saturated rings. The minimum Gasteiger partial charge on any atom is -0.494 e. The standard InChI is InChI=1S/C12H13FN2O4S/c1-19-12-4-8(13)2-3-11(12)15-20(17,18)10-5-9(7-16)14-6-10/h2-6,14-16H,7H2,1H3. The summed E-state index contributed by atoms with van der Waals surface area (Å²) < 4.78 is 44.5. The van der Waals surface area contributed by atoms with Gasteiger partial charge in [-0.25, -0.2) is 12.8 Å². The van der Waals surface area contributed by atoms with Crippen LogP contribution in [0.1, 0.15) is 5.69 Å². The number of methoxy groups -OCH3 is 1. The number of hydrogen-bond acceptors (Lipinski definition) is 4. The van der Waals surface area contributed by atoms with Gasteiger partial charge >= 0.3 is 0 Å². The fourth-order valence-corrected chi connectivity index (χ4v) is 2.71. The molecule has 0 aliphatic rings. The molecule has 1 aromatic heterocycles. The molecule has 20 heavy (non-hydrogen) atoms. The number of aromatic amines is 1. The molecule has 2 rings (SSSR count). The highest BCUT2D eigenvalue weighted by Gasteiger charge is 2.18. The molecule has 0 radical (unpaired) electrons. The van der Waals surface area contributed by atoms with E-state index in [0.717, 1.165) is 12.1 Å². The molecule has 3 N–H and O–H groups in total. The molecule has 108 valence electrons. The minimum atomic E-state index is -3.84. The van der Waals surface area contributed by atoms with Crippen molar-refractivity contribution < 1.29 is 22.7 Å². The molecule has 0 bridgehead atoms. The first kappa shape index (κ1) is 14.4. The van der Waals surface area contributed by atoms with Gasteiger partial charge in [0.1, 0.15) is 16.5 Å². The van der Waals surface area contributed by atoms with Crippen LogP contribution in [0.15, 0.2) is 35.4 Å². The zero-order valence-electron chi connectivity index (χ0n) is 10.6. The monoisotopic (exact) mass is 300 g/mol. The maximum atomic E-state index is 13.0. The summed E-state index contributed by atoms with van der Waals surface area (Å²) in [6.45, 7) is -0.296. The Morgan fingerprint density at radius 2 is 2.15 bits per heavy atom. The molecule has 0 spiro atoms. The molecule has 6 nitrogen and oxygen atoms in total. The third-order valence-electron chi connectivity index (χ3n) is 2.60. The molecule has 0 saturated carbocycles. The second kappa shape index (κ2) is 5.51. The highest BCUT2D eigenvalue weighted by molar-refractivity contribution is 7.92. The number of aliphatic hydroxyl groups excluding tert-OH is 1. The van der Waals surface area contributed by atoms with Crippen molar-refractivity contribution in [3.63, 3.8) is 0 Å². The lowest BCUT2D eigenvalue weighted by atomic mass is 10.3. The summed E-state index contributed by atoms with van der Waals surface area (Å²) in [6.07, 6.45) is 1.25. The molecule has 0 aliphatic carbocycles. The molecular weight excluding hydrogens is 287 g/mol. The summed E-state index contributed by atoms with van der Waals surface area (Å²) in [5, 5.41) is 8.91. The fraction of sp³-hybridized carbons (Fsp3) is 0.167. The lowest BCUT2D eigenvalue weighted by Gasteiger charge is -2.10. The van der Waals surface area contributed by atoms with E-state index in [1.165, 1.54) is 25.4 Å². The molecule has 2 aromatic rings. The normalized spacial score (nSPS) is 11.3. The van der Waals surface area contributed by atoms with Crippen molar-refractivity contribution >= 4 is 15.7 Å². The number of hydrogen-bond donors (Lipinski definition) is 3.